The van der Waals surface area contributed by atoms with E-state index >= 15 is 0 Å². The van der Waals surface area contributed by atoms with Crippen LogP contribution in [-0.4, -0.2) is 42.4 Å². The predicted octanol–water partition coefficient (Wildman–Crippen LogP) is 5.55. The Morgan fingerprint density at radius 1 is 0.949 bits per heavy atom. The first-order chi connectivity index (χ1) is 18.5. The van der Waals surface area contributed by atoms with E-state index in [9.17, 15) is 36.2 Å². The zero-order valence-electron chi connectivity index (χ0n) is 20.6. The molecular formula is C28H26F6N2O3. The number of benzene rings is 3. The van der Waals surface area contributed by atoms with Crippen molar-refractivity contribution >= 4 is 6.03 Å². The van der Waals surface area contributed by atoms with Crippen LogP contribution in [-0.2, 0) is 11.8 Å². The summed E-state index contributed by atoms with van der Waals surface area (Å²) in [4.78, 5) is 12.8. The number of hydrogen-bond donors (Lipinski definition) is 3. The lowest BCUT2D eigenvalue weighted by Gasteiger charge is -2.36. The van der Waals surface area contributed by atoms with Gasteiger partial charge in [-0.05, 0) is 60.2 Å². The number of carbonyl (C=O) groups is 1. The molecule has 1 aliphatic rings. The summed E-state index contributed by atoms with van der Waals surface area (Å²) in [7, 11) is 0. The van der Waals surface area contributed by atoms with Crippen LogP contribution in [0, 0.1) is 11.6 Å². The monoisotopic (exact) mass is 552 g/mol. The number of urea groups is 1. The van der Waals surface area contributed by atoms with E-state index < -0.39 is 46.9 Å². The van der Waals surface area contributed by atoms with Crippen molar-refractivity contribution in [2.75, 3.05) is 13.2 Å². The standard InChI is InChI=1S/C28H26F6N2O3/c29-21-8-6-19(7-9-21)27(15-18-4-2-1-3-5-18,16-35-25(38)36-26(17-37)10-11-26)20-12-22(30)14-23(13-20)39-28(33,34)24(31)32/h1-9,12-14,24,37H,10-11,15-17H2,(H2,35,36,38)/t27-/m1/s1. The molecule has 5 nitrogen and oxygen atoms in total. The first-order valence-corrected chi connectivity index (χ1v) is 12.1. The summed E-state index contributed by atoms with van der Waals surface area (Å²) in [6.45, 7) is -0.508. The molecule has 0 aromatic heterocycles. The summed E-state index contributed by atoms with van der Waals surface area (Å²) in [5, 5.41) is 15.0. The predicted molar refractivity (Wildman–Crippen MR) is 131 cm³/mol. The van der Waals surface area contributed by atoms with Gasteiger partial charge in [0.1, 0.15) is 17.4 Å². The Bertz CT molecular complexity index is 1290. The fourth-order valence-corrected chi connectivity index (χ4v) is 4.44. The van der Waals surface area contributed by atoms with Crippen LogP contribution in [0.3, 0.4) is 0 Å². The Hall–Kier alpha value is -3.73. The lowest BCUT2D eigenvalue weighted by Crippen LogP contribution is -2.50. The van der Waals surface area contributed by atoms with Gasteiger partial charge in [0.05, 0.1) is 12.1 Å². The maximum atomic E-state index is 14.8. The van der Waals surface area contributed by atoms with E-state index in [1.165, 1.54) is 12.1 Å². The number of halogens is 6. The van der Waals surface area contributed by atoms with E-state index in [1.807, 2.05) is 0 Å². The Labute approximate surface area is 220 Å². The van der Waals surface area contributed by atoms with Gasteiger partial charge in [-0.3, -0.25) is 0 Å². The van der Waals surface area contributed by atoms with Crippen LogP contribution in [0.25, 0.3) is 0 Å². The molecule has 39 heavy (non-hydrogen) atoms. The molecule has 1 fully saturated rings. The van der Waals surface area contributed by atoms with E-state index in [0.29, 0.717) is 30.0 Å². The van der Waals surface area contributed by atoms with Crippen molar-refractivity contribution < 1.29 is 41.0 Å². The van der Waals surface area contributed by atoms with Gasteiger partial charge < -0.3 is 20.5 Å². The minimum Gasteiger partial charge on any atom is -0.428 e. The van der Waals surface area contributed by atoms with E-state index in [1.54, 1.807) is 30.3 Å². The first-order valence-electron chi connectivity index (χ1n) is 12.1. The minimum absolute atomic E-state index is 0.0154. The van der Waals surface area contributed by atoms with Crippen LogP contribution >= 0.6 is 0 Å². The molecule has 0 saturated heterocycles. The van der Waals surface area contributed by atoms with Crippen molar-refractivity contribution in [2.45, 2.75) is 42.8 Å². The molecule has 0 spiro atoms. The van der Waals surface area contributed by atoms with Crippen LogP contribution < -0.4 is 15.4 Å². The second-order valence-electron chi connectivity index (χ2n) is 9.64. The van der Waals surface area contributed by atoms with Crippen molar-refractivity contribution in [1.29, 1.82) is 0 Å². The molecule has 3 aromatic carbocycles. The number of carbonyl (C=O) groups excluding carboxylic acids is 1. The Balaban J connectivity index is 1.82. The van der Waals surface area contributed by atoms with Gasteiger partial charge >= 0.3 is 18.6 Å². The van der Waals surface area contributed by atoms with Crippen LogP contribution in [0.2, 0.25) is 0 Å². The van der Waals surface area contributed by atoms with Gasteiger partial charge in [-0.15, -0.1) is 0 Å². The van der Waals surface area contributed by atoms with Gasteiger partial charge in [0.15, 0.2) is 0 Å². The molecule has 3 N–H and O–H groups in total. The molecule has 3 aromatic rings. The van der Waals surface area contributed by atoms with Crippen LogP contribution in [0.15, 0.2) is 72.8 Å². The quantitative estimate of drug-likeness (QED) is 0.273. The molecule has 0 unspecified atom stereocenters. The van der Waals surface area contributed by atoms with Gasteiger partial charge in [0.25, 0.3) is 0 Å². The molecule has 1 atom stereocenters. The molecule has 2 amide bonds. The van der Waals surface area contributed by atoms with Crippen LogP contribution in [0.1, 0.15) is 29.5 Å². The Kier molecular flexibility index (Phi) is 8.10. The van der Waals surface area contributed by atoms with Gasteiger partial charge in [-0.25, -0.2) is 13.6 Å². The SMILES string of the molecule is O=C(NC[C@](Cc1ccccc1)(c1ccc(F)cc1)c1cc(F)cc(OC(F)(F)C(F)F)c1)NC1(CO)CC1. The lowest BCUT2D eigenvalue weighted by molar-refractivity contribution is -0.253. The summed E-state index contributed by atoms with van der Waals surface area (Å²) >= 11 is 0. The van der Waals surface area contributed by atoms with Crippen molar-refractivity contribution in [2.24, 2.45) is 0 Å². The molecule has 4 rings (SSSR count). The summed E-state index contributed by atoms with van der Waals surface area (Å²) in [5.41, 5.74) is -1.05. The van der Waals surface area contributed by atoms with Crippen molar-refractivity contribution in [3.05, 3.63) is 101 Å². The summed E-state index contributed by atoms with van der Waals surface area (Å²) < 4.78 is 86.0. The molecule has 0 aliphatic heterocycles. The van der Waals surface area contributed by atoms with E-state index in [2.05, 4.69) is 15.4 Å². The van der Waals surface area contributed by atoms with E-state index in [4.69, 9.17) is 0 Å². The highest BCUT2D eigenvalue weighted by atomic mass is 19.3. The van der Waals surface area contributed by atoms with E-state index in [-0.39, 0.29) is 25.1 Å². The summed E-state index contributed by atoms with van der Waals surface area (Å²) in [6.07, 6.45) is -7.83. The number of amides is 2. The molecule has 0 bridgehead atoms. The lowest BCUT2D eigenvalue weighted by atomic mass is 9.70. The number of aliphatic hydroxyl groups excluding tert-OH is 1. The molecule has 1 saturated carbocycles. The average Bonchev–Trinajstić information content (AvgIpc) is 3.66. The number of alkyl halides is 4. The summed E-state index contributed by atoms with van der Waals surface area (Å²) in [6, 6.07) is 15.8. The zero-order chi connectivity index (χ0) is 28.3. The van der Waals surface area contributed by atoms with Crippen LogP contribution in [0.4, 0.5) is 31.1 Å². The highest BCUT2D eigenvalue weighted by Gasteiger charge is 2.45. The maximum Gasteiger partial charge on any atom is 0.461 e. The van der Waals surface area contributed by atoms with Crippen molar-refractivity contribution in [1.82, 2.24) is 10.6 Å². The second kappa shape index (κ2) is 11.2. The number of hydrogen-bond acceptors (Lipinski definition) is 3. The third-order valence-electron chi connectivity index (χ3n) is 6.76. The molecule has 0 heterocycles. The van der Waals surface area contributed by atoms with Crippen LogP contribution in [0.5, 0.6) is 5.75 Å². The van der Waals surface area contributed by atoms with Gasteiger partial charge in [-0.1, -0.05) is 42.5 Å². The normalized spacial score (nSPS) is 15.9. The third-order valence-corrected chi connectivity index (χ3v) is 6.76. The second-order valence-corrected chi connectivity index (χ2v) is 9.64. The van der Waals surface area contributed by atoms with Crippen molar-refractivity contribution in [3.8, 4) is 5.75 Å². The summed E-state index contributed by atoms with van der Waals surface area (Å²) in [5.74, 6) is -2.47. The van der Waals surface area contributed by atoms with Gasteiger partial charge in [0, 0.05) is 18.0 Å². The largest absolute Gasteiger partial charge is 0.461 e. The fourth-order valence-electron chi connectivity index (χ4n) is 4.44. The third kappa shape index (κ3) is 6.65. The zero-order valence-corrected chi connectivity index (χ0v) is 20.6. The molecule has 1 aliphatic carbocycles. The van der Waals surface area contributed by atoms with Gasteiger partial charge in [0.2, 0.25) is 0 Å². The number of nitrogens with one attached hydrogen (secondary N) is 2. The first kappa shape index (κ1) is 28.3. The topological polar surface area (TPSA) is 70.6 Å². The molecule has 11 heteroatoms. The molecular weight excluding hydrogens is 526 g/mol. The number of rotatable bonds is 11. The minimum atomic E-state index is -4.88. The number of ether oxygens (including phenoxy) is 1. The fraction of sp³-hybridized carbons (Fsp3) is 0.321. The molecule has 0 radical (unpaired) electrons. The smallest absolute Gasteiger partial charge is 0.428 e. The highest BCUT2D eigenvalue weighted by molar-refractivity contribution is 5.75. The van der Waals surface area contributed by atoms with Crippen molar-refractivity contribution in [3.63, 3.8) is 0 Å². The Morgan fingerprint density at radius 3 is 2.21 bits per heavy atom. The van der Waals surface area contributed by atoms with Gasteiger partial charge in [-0.2, -0.15) is 17.6 Å². The number of aliphatic hydroxyl groups is 1. The average molecular weight is 553 g/mol. The maximum absolute atomic E-state index is 14.8. The highest BCUT2D eigenvalue weighted by Crippen LogP contribution is 2.39. The van der Waals surface area contributed by atoms with E-state index in [0.717, 1.165) is 24.3 Å². The molecule has 208 valence electrons. The Morgan fingerprint density at radius 2 is 1.62 bits per heavy atom.